The predicted octanol–water partition coefficient (Wildman–Crippen LogP) is 3.85. The largest absolute Gasteiger partial charge is 0.416 e. The molecule has 0 radical (unpaired) electrons. The van der Waals surface area contributed by atoms with Crippen molar-refractivity contribution in [2.75, 3.05) is 37.7 Å². The summed E-state index contributed by atoms with van der Waals surface area (Å²) in [5.41, 5.74) is 3.09. The number of nitrogens with one attached hydrogen (secondary N) is 2. The predicted molar refractivity (Wildman–Crippen MR) is 128 cm³/mol. The fourth-order valence-corrected chi connectivity index (χ4v) is 4.11. The lowest BCUT2D eigenvalue weighted by Gasteiger charge is -2.28. The van der Waals surface area contributed by atoms with Crippen LogP contribution in [0.2, 0.25) is 0 Å². The van der Waals surface area contributed by atoms with E-state index in [1.165, 1.54) is 6.07 Å². The summed E-state index contributed by atoms with van der Waals surface area (Å²) < 4.78 is 44.0. The molecule has 2 N–H and O–H groups in total. The number of rotatable bonds is 6. The molecular formula is C25H23F3N6O2. The molecule has 1 saturated heterocycles. The van der Waals surface area contributed by atoms with Crippen LogP contribution in [0, 0.1) is 0 Å². The summed E-state index contributed by atoms with van der Waals surface area (Å²) in [6.07, 6.45) is 2.64. The van der Waals surface area contributed by atoms with Gasteiger partial charge in [0.05, 0.1) is 30.7 Å². The van der Waals surface area contributed by atoms with Crippen molar-refractivity contribution in [3.05, 3.63) is 72.1 Å². The molecular weight excluding hydrogens is 473 g/mol. The first-order chi connectivity index (χ1) is 17.4. The van der Waals surface area contributed by atoms with Crippen molar-refractivity contribution in [3.8, 4) is 11.1 Å². The molecule has 4 heterocycles. The van der Waals surface area contributed by atoms with Gasteiger partial charge in [-0.2, -0.15) is 13.2 Å². The molecule has 186 valence electrons. The highest BCUT2D eigenvalue weighted by Crippen LogP contribution is 2.31. The van der Waals surface area contributed by atoms with Crippen LogP contribution in [-0.4, -0.2) is 58.7 Å². The number of carbonyl (C=O) groups excluding carboxylic acids is 1. The monoisotopic (exact) mass is 496 g/mol. The van der Waals surface area contributed by atoms with Crippen LogP contribution < -0.4 is 10.2 Å². The number of aromatic amines is 1. The van der Waals surface area contributed by atoms with Gasteiger partial charge in [0.25, 0.3) is 5.91 Å². The Morgan fingerprint density at radius 3 is 2.61 bits per heavy atom. The minimum absolute atomic E-state index is 0.0187. The van der Waals surface area contributed by atoms with Gasteiger partial charge in [-0.25, -0.2) is 15.0 Å². The van der Waals surface area contributed by atoms with Crippen molar-refractivity contribution in [1.82, 2.24) is 25.3 Å². The normalized spacial score (nSPS) is 14.2. The highest BCUT2D eigenvalue weighted by molar-refractivity contribution is 5.95. The van der Waals surface area contributed by atoms with Crippen LogP contribution in [0.25, 0.3) is 22.2 Å². The molecule has 0 unspecified atom stereocenters. The second-order valence-corrected chi connectivity index (χ2v) is 8.39. The smallest absolute Gasteiger partial charge is 0.378 e. The number of morpholine rings is 1. The average molecular weight is 496 g/mol. The molecule has 3 aromatic heterocycles. The second kappa shape index (κ2) is 9.94. The number of hydrogen-bond acceptors (Lipinski definition) is 6. The van der Waals surface area contributed by atoms with Crippen molar-refractivity contribution in [3.63, 3.8) is 0 Å². The number of amides is 1. The van der Waals surface area contributed by atoms with E-state index in [0.29, 0.717) is 18.8 Å². The molecule has 0 atom stereocenters. The van der Waals surface area contributed by atoms with Gasteiger partial charge in [0.1, 0.15) is 5.65 Å². The van der Waals surface area contributed by atoms with Gasteiger partial charge < -0.3 is 19.9 Å². The molecule has 11 heteroatoms. The van der Waals surface area contributed by atoms with E-state index < -0.39 is 17.6 Å². The summed E-state index contributed by atoms with van der Waals surface area (Å²) >= 11 is 0. The first kappa shape index (κ1) is 23.7. The van der Waals surface area contributed by atoms with Crippen molar-refractivity contribution in [2.24, 2.45) is 0 Å². The lowest BCUT2D eigenvalue weighted by atomic mass is 10.1. The zero-order valence-corrected chi connectivity index (χ0v) is 19.2. The molecule has 1 amide bonds. The summed E-state index contributed by atoms with van der Waals surface area (Å²) in [6, 6.07) is 7.11. The van der Waals surface area contributed by atoms with E-state index in [1.54, 1.807) is 18.5 Å². The van der Waals surface area contributed by atoms with Gasteiger partial charge in [-0.3, -0.25) is 4.79 Å². The Bertz CT molecular complexity index is 1360. The zero-order valence-electron chi connectivity index (χ0n) is 19.2. The van der Waals surface area contributed by atoms with Crippen molar-refractivity contribution in [1.29, 1.82) is 0 Å². The van der Waals surface area contributed by atoms with Gasteiger partial charge in [-0.05, 0) is 24.1 Å². The summed E-state index contributed by atoms with van der Waals surface area (Å²) in [5, 5.41) is 3.57. The Labute approximate surface area is 204 Å². The van der Waals surface area contributed by atoms with Gasteiger partial charge in [0, 0.05) is 54.7 Å². The maximum atomic E-state index is 12.9. The van der Waals surface area contributed by atoms with Crippen LogP contribution in [0.3, 0.4) is 0 Å². The zero-order chi connectivity index (χ0) is 25.1. The maximum absolute atomic E-state index is 12.9. The van der Waals surface area contributed by atoms with Crippen molar-refractivity contribution in [2.45, 2.75) is 12.6 Å². The number of alkyl halides is 3. The Hall–Kier alpha value is -3.99. The molecule has 1 aliphatic heterocycles. The Balaban J connectivity index is 1.25. The number of hydrogen-bond donors (Lipinski definition) is 2. The summed E-state index contributed by atoms with van der Waals surface area (Å²) in [7, 11) is 0. The summed E-state index contributed by atoms with van der Waals surface area (Å²) in [5.74, 6) is -0.515. The Morgan fingerprint density at radius 1 is 1.08 bits per heavy atom. The number of carbonyl (C=O) groups is 1. The number of benzene rings is 1. The number of anilines is 1. The SMILES string of the molecule is O=C(NCCc1cccc(C(F)(F)F)c1)c1ncc(-c2c[nH]c3ncc(N4CCOCC4)cc23)cn1. The first-order valence-electron chi connectivity index (χ1n) is 11.4. The Morgan fingerprint density at radius 2 is 1.86 bits per heavy atom. The van der Waals surface area contributed by atoms with E-state index in [0.717, 1.165) is 53.1 Å². The van der Waals surface area contributed by atoms with E-state index in [1.807, 2.05) is 12.4 Å². The topological polar surface area (TPSA) is 96.0 Å². The van der Waals surface area contributed by atoms with Gasteiger partial charge >= 0.3 is 6.18 Å². The van der Waals surface area contributed by atoms with Gasteiger partial charge in [-0.15, -0.1) is 0 Å². The number of halogens is 3. The van der Waals surface area contributed by atoms with Crippen LogP contribution in [0.4, 0.5) is 18.9 Å². The average Bonchev–Trinajstić information content (AvgIpc) is 3.32. The third kappa shape index (κ3) is 5.15. The van der Waals surface area contributed by atoms with E-state index in [9.17, 15) is 18.0 Å². The van der Waals surface area contributed by atoms with E-state index in [2.05, 4.69) is 36.2 Å². The van der Waals surface area contributed by atoms with Crippen molar-refractivity contribution < 1.29 is 22.7 Å². The molecule has 36 heavy (non-hydrogen) atoms. The van der Waals surface area contributed by atoms with E-state index in [-0.39, 0.29) is 18.8 Å². The molecule has 1 aromatic carbocycles. The van der Waals surface area contributed by atoms with E-state index >= 15 is 0 Å². The molecule has 1 aliphatic rings. The number of aromatic nitrogens is 4. The molecule has 0 bridgehead atoms. The van der Waals surface area contributed by atoms with Crippen LogP contribution in [0.5, 0.6) is 0 Å². The molecule has 0 saturated carbocycles. The highest BCUT2D eigenvalue weighted by atomic mass is 19.4. The quantitative estimate of drug-likeness (QED) is 0.421. The molecule has 1 fully saturated rings. The van der Waals surface area contributed by atoms with Crippen LogP contribution in [0.15, 0.2) is 55.1 Å². The lowest BCUT2D eigenvalue weighted by Crippen LogP contribution is -2.36. The molecule has 0 aliphatic carbocycles. The number of ether oxygens (including phenoxy) is 1. The van der Waals surface area contributed by atoms with Gasteiger partial charge in [0.15, 0.2) is 0 Å². The van der Waals surface area contributed by atoms with Gasteiger partial charge in [0.2, 0.25) is 5.82 Å². The number of fused-ring (bicyclic) bond motifs is 1. The fourth-order valence-electron chi connectivity index (χ4n) is 4.11. The minimum atomic E-state index is -4.40. The molecule has 8 nitrogen and oxygen atoms in total. The van der Waals surface area contributed by atoms with Gasteiger partial charge in [-0.1, -0.05) is 18.2 Å². The Kier molecular flexibility index (Phi) is 6.55. The van der Waals surface area contributed by atoms with Crippen LogP contribution >= 0.6 is 0 Å². The van der Waals surface area contributed by atoms with Crippen molar-refractivity contribution >= 4 is 22.6 Å². The highest BCUT2D eigenvalue weighted by Gasteiger charge is 2.30. The number of nitrogens with zero attached hydrogens (tertiary/aromatic N) is 4. The fraction of sp³-hybridized carbons (Fsp3) is 0.280. The van der Waals surface area contributed by atoms with Crippen LogP contribution in [-0.2, 0) is 17.3 Å². The van der Waals surface area contributed by atoms with Crippen LogP contribution in [0.1, 0.15) is 21.7 Å². The third-order valence-electron chi connectivity index (χ3n) is 6.01. The summed E-state index contributed by atoms with van der Waals surface area (Å²) in [6.45, 7) is 3.11. The molecule has 5 rings (SSSR count). The lowest BCUT2D eigenvalue weighted by molar-refractivity contribution is -0.137. The maximum Gasteiger partial charge on any atom is 0.416 e. The molecule has 4 aromatic rings. The third-order valence-corrected chi connectivity index (χ3v) is 6.01. The molecule has 0 spiro atoms. The van der Waals surface area contributed by atoms with E-state index in [4.69, 9.17) is 4.74 Å². The standard InChI is InChI=1S/C25H23F3N6O2/c26-25(27,28)18-3-1-2-16(10-18)4-5-29-24(35)23-30-12-17(13-31-23)21-15-33-22-20(21)11-19(14-32-22)34-6-8-36-9-7-34/h1-3,10-15H,4-9H2,(H,29,35)(H,32,33). The number of H-pyrrole nitrogens is 1. The number of pyridine rings is 1. The second-order valence-electron chi connectivity index (χ2n) is 8.39. The first-order valence-corrected chi connectivity index (χ1v) is 11.4. The minimum Gasteiger partial charge on any atom is -0.378 e. The summed E-state index contributed by atoms with van der Waals surface area (Å²) in [4.78, 5) is 30.7.